The molecule has 8 nitrogen and oxygen atoms in total. The Morgan fingerprint density at radius 1 is 1.09 bits per heavy atom. The van der Waals surface area contributed by atoms with Gasteiger partial charge in [0, 0.05) is 28.6 Å². The zero-order valence-corrected chi connectivity index (χ0v) is 19.7. The summed E-state index contributed by atoms with van der Waals surface area (Å²) in [6.45, 7) is 2.55. The third-order valence-electron chi connectivity index (χ3n) is 6.35. The molecular formula is C26H22ClNO7. The molecule has 1 aromatic heterocycles. The van der Waals surface area contributed by atoms with E-state index in [-0.39, 0.29) is 35.9 Å². The summed E-state index contributed by atoms with van der Waals surface area (Å²) in [6.07, 6.45) is 2.20. The molecule has 1 fully saturated rings. The monoisotopic (exact) mass is 495 g/mol. The summed E-state index contributed by atoms with van der Waals surface area (Å²) in [5, 5.41) is 1.09. The smallest absolute Gasteiger partial charge is 0.338 e. The number of halogens is 1. The summed E-state index contributed by atoms with van der Waals surface area (Å²) < 4.78 is 16.3. The molecule has 5 rings (SSSR count). The van der Waals surface area contributed by atoms with Crippen LogP contribution in [0, 0.1) is 0 Å². The lowest BCUT2D eigenvalue weighted by Gasteiger charge is -2.17. The molecule has 1 saturated heterocycles. The lowest BCUT2D eigenvalue weighted by atomic mass is 10.1. The average Bonchev–Trinajstić information content (AvgIpc) is 3.45. The van der Waals surface area contributed by atoms with Crippen LogP contribution in [0.3, 0.4) is 0 Å². The van der Waals surface area contributed by atoms with E-state index in [0.717, 1.165) is 18.4 Å². The second-order valence-corrected chi connectivity index (χ2v) is 8.98. The van der Waals surface area contributed by atoms with Crippen molar-refractivity contribution in [3.05, 3.63) is 79.7 Å². The Balaban J connectivity index is 1.35. The fourth-order valence-corrected chi connectivity index (χ4v) is 4.78. The van der Waals surface area contributed by atoms with E-state index >= 15 is 0 Å². The fourth-order valence-electron chi connectivity index (χ4n) is 4.48. The van der Waals surface area contributed by atoms with Crippen LogP contribution >= 0.6 is 11.6 Å². The SMILES string of the molecule is CCc1cc2oc(=O)cc(COC(=O)c3ccc4c(c3)C(=O)N(CC3CCCO3)C4=O)c2cc1Cl. The van der Waals surface area contributed by atoms with E-state index in [2.05, 4.69) is 0 Å². The quantitative estimate of drug-likeness (QED) is 0.287. The van der Waals surface area contributed by atoms with Crippen LogP contribution in [0.15, 0.2) is 45.6 Å². The standard InChI is InChI=1S/C26H22ClNO7/c1-2-14-9-22-19(11-21(14)27)16(10-23(29)35-22)13-34-26(32)15-5-6-18-20(8-15)25(31)28(24(18)30)12-17-4-3-7-33-17/h5-6,8-11,17H,2-4,7,12-13H2,1H3. The van der Waals surface area contributed by atoms with Crippen molar-refractivity contribution in [1.82, 2.24) is 4.90 Å². The lowest BCUT2D eigenvalue weighted by Crippen LogP contribution is -2.36. The normalized spacial score (nSPS) is 17.3. The van der Waals surface area contributed by atoms with E-state index < -0.39 is 23.4 Å². The summed E-state index contributed by atoms with van der Waals surface area (Å²) >= 11 is 6.32. The molecule has 3 heterocycles. The third-order valence-corrected chi connectivity index (χ3v) is 6.71. The Morgan fingerprint density at radius 2 is 1.89 bits per heavy atom. The third kappa shape index (κ3) is 4.35. The number of imide groups is 1. The van der Waals surface area contributed by atoms with Crippen LogP contribution in [0.2, 0.25) is 5.02 Å². The highest BCUT2D eigenvalue weighted by Gasteiger charge is 2.38. The molecule has 2 aliphatic heterocycles. The van der Waals surface area contributed by atoms with Crippen LogP contribution in [-0.4, -0.2) is 41.9 Å². The predicted octanol–water partition coefficient (Wildman–Crippen LogP) is 4.14. The highest BCUT2D eigenvalue weighted by molar-refractivity contribution is 6.32. The molecule has 0 saturated carbocycles. The number of nitrogens with zero attached hydrogens (tertiary/aromatic N) is 1. The van der Waals surface area contributed by atoms with Crippen LogP contribution in [0.25, 0.3) is 11.0 Å². The van der Waals surface area contributed by atoms with Gasteiger partial charge >= 0.3 is 11.6 Å². The minimum atomic E-state index is -0.691. The zero-order valence-electron chi connectivity index (χ0n) is 19.0. The molecule has 180 valence electrons. The maximum Gasteiger partial charge on any atom is 0.338 e. The van der Waals surface area contributed by atoms with Crippen molar-refractivity contribution >= 4 is 40.4 Å². The van der Waals surface area contributed by atoms with Crippen molar-refractivity contribution in [2.24, 2.45) is 0 Å². The van der Waals surface area contributed by atoms with E-state index in [1.807, 2.05) is 6.92 Å². The van der Waals surface area contributed by atoms with Crippen molar-refractivity contribution in [2.75, 3.05) is 13.2 Å². The largest absolute Gasteiger partial charge is 0.457 e. The molecule has 9 heteroatoms. The number of esters is 1. The Bertz CT molecular complexity index is 1420. The minimum absolute atomic E-state index is 0.127. The minimum Gasteiger partial charge on any atom is -0.457 e. The van der Waals surface area contributed by atoms with Crippen molar-refractivity contribution in [1.29, 1.82) is 0 Å². The summed E-state index contributed by atoms with van der Waals surface area (Å²) in [4.78, 5) is 51.5. The number of aryl methyl sites for hydroxylation is 1. The van der Waals surface area contributed by atoms with Crippen molar-refractivity contribution in [3.63, 3.8) is 0 Å². The van der Waals surface area contributed by atoms with Gasteiger partial charge in [0.15, 0.2) is 0 Å². The number of amides is 2. The Labute approximate surface area is 205 Å². The number of carbonyl (C=O) groups excluding carboxylic acids is 3. The Morgan fingerprint density at radius 3 is 2.63 bits per heavy atom. The number of hydrogen-bond acceptors (Lipinski definition) is 7. The van der Waals surface area contributed by atoms with E-state index in [9.17, 15) is 19.2 Å². The molecule has 0 bridgehead atoms. The van der Waals surface area contributed by atoms with Gasteiger partial charge in [0.05, 0.1) is 29.3 Å². The Kier molecular flexibility index (Phi) is 6.17. The van der Waals surface area contributed by atoms with Gasteiger partial charge in [0.1, 0.15) is 12.2 Å². The van der Waals surface area contributed by atoms with Crippen LogP contribution in [0.4, 0.5) is 0 Å². The van der Waals surface area contributed by atoms with E-state index in [1.165, 1.54) is 29.2 Å². The molecule has 1 unspecified atom stereocenters. The van der Waals surface area contributed by atoms with Crippen LogP contribution in [-0.2, 0) is 22.5 Å². The number of carbonyl (C=O) groups is 3. The highest BCUT2D eigenvalue weighted by Crippen LogP contribution is 2.28. The van der Waals surface area contributed by atoms with Crippen molar-refractivity contribution < 1.29 is 28.3 Å². The number of ether oxygens (including phenoxy) is 2. The van der Waals surface area contributed by atoms with Crippen molar-refractivity contribution in [3.8, 4) is 0 Å². The molecule has 0 aliphatic carbocycles. The summed E-state index contributed by atoms with van der Waals surface area (Å²) in [7, 11) is 0. The number of rotatable bonds is 6. The van der Waals surface area contributed by atoms with Gasteiger partial charge < -0.3 is 13.9 Å². The number of hydrogen-bond donors (Lipinski definition) is 0. The van der Waals surface area contributed by atoms with Crippen LogP contribution in [0.5, 0.6) is 0 Å². The number of benzene rings is 2. The molecule has 35 heavy (non-hydrogen) atoms. The molecule has 0 radical (unpaired) electrons. The van der Waals surface area contributed by atoms with Gasteiger partial charge in [-0.3, -0.25) is 14.5 Å². The molecule has 1 atom stereocenters. The fraction of sp³-hybridized carbons (Fsp3) is 0.308. The van der Waals surface area contributed by atoms with Gasteiger partial charge in [0.25, 0.3) is 11.8 Å². The van der Waals surface area contributed by atoms with Crippen LogP contribution in [0.1, 0.15) is 62.0 Å². The second-order valence-electron chi connectivity index (χ2n) is 8.58. The maximum atomic E-state index is 12.9. The molecule has 2 amide bonds. The summed E-state index contributed by atoms with van der Waals surface area (Å²) in [6, 6.07) is 8.92. The molecular weight excluding hydrogens is 474 g/mol. The topological polar surface area (TPSA) is 103 Å². The Hall–Kier alpha value is -3.49. The average molecular weight is 496 g/mol. The zero-order chi connectivity index (χ0) is 24.7. The van der Waals surface area contributed by atoms with Gasteiger partial charge in [0.2, 0.25) is 0 Å². The second kappa shape index (κ2) is 9.28. The molecule has 3 aromatic rings. The van der Waals surface area contributed by atoms with E-state index in [4.69, 9.17) is 25.5 Å². The number of fused-ring (bicyclic) bond motifs is 2. The first-order valence-electron chi connectivity index (χ1n) is 11.4. The van der Waals surface area contributed by atoms with E-state index in [0.29, 0.717) is 34.6 Å². The summed E-state index contributed by atoms with van der Waals surface area (Å²) in [5.41, 5.74) is 1.61. The highest BCUT2D eigenvalue weighted by atomic mass is 35.5. The predicted molar refractivity (Wildman–Crippen MR) is 127 cm³/mol. The molecule has 2 aromatic carbocycles. The molecule has 0 spiro atoms. The first-order valence-corrected chi connectivity index (χ1v) is 11.8. The van der Waals surface area contributed by atoms with Crippen molar-refractivity contribution in [2.45, 2.75) is 38.9 Å². The van der Waals surface area contributed by atoms with Gasteiger partial charge in [-0.25, -0.2) is 9.59 Å². The first-order chi connectivity index (χ1) is 16.9. The van der Waals surface area contributed by atoms with Gasteiger partial charge in [-0.15, -0.1) is 0 Å². The summed E-state index contributed by atoms with van der Waals surface area (Å²) in [5.74, 6) is -1.54. The maximum absolute atomic E-state index is 12.9. The van der Waals surface area contributed by atoms with Crippen LogP contribution < -0.4 is 5.63 Å². The molecule has 0 N–H and O–H groups in total. The lowest BCUT2D eigenvalue weighted by molar-refractivity contribution is 0.0470. The van der Waals surface area contributed by atoms with E-state index in [1.54, 1.807) is 12.1 Å². The van der Waals surface area contributed by atoms with Gasteiger partial charge in [-0.1, -0.05) is 18.5 Å². The van der Waals surface area contributed by atoms with Gasteiger partial charge in [-0.05, 0) is 55.2 Å². The molecule has 2 aliphatic rings. The van der Waals surface area contributed by atoms with Gasteiger partial charge in [-0.2, -0.15) is 0 Å². The first kappa shape index (κ1) is 23.3.